The van der Waals surface area contributed by atoms with Gasteiger partial charge in [-0.25, -0.2) is 4.98 Å². The van der Waals surface area contributed by atoms with Gasteiger partial charge >= 0.3 is 7.60 Å². The van der Waals surface area contributed by atoms with Crippen molar-refractivity contribution in [3.8, 4) is 0 Å². The Morgan fingerprint density at radius 1 is 1.47 bits per heavy atom. The highest BCUT2D eigenvalue weighted by Gasteiger charge is 2.21. The molecule has 6 nitrogen and oxygen atoms in total. The molecule has 0 saturated carbocycles. The fraction of sp³-hybridized carbons (Fsp3) is 0.667. The maximum Gasteiger partial charge on any atom is 0.331 e. The molecule has 8 heteroatoms. The van der Waals surface area contributed by atoms with Crippen LogP contribution in [-0.4, -0.2) is 41.1 Å². The molecular weight excluding hydrogens is 263 g/mol. The zero-order valence-electron chi connectivity index (χ0n) is 9.50. The summed E-state index contributed by atoms with van der Waals surface area (Å²) in [7, 11) is -4.04. The zero-order valence-corrected chi connectivity index (χ0v) is 11.2. The first kappa shape index (κ1) is 13.0. The average Bonchev–Trinajstić information content (AvgIpc) is 2.59. The lowest BCUT2D eigenvalue weighted by atomic mass is 10.4. The van der Waals surface area contributed by atoms with E-state index in [2.05, 4.69) is 9.88 Å². The highest BCUT2D eigenvalue weighted by Crippen LogP contribution is 2.41. The minimum atomic E-state index is -4.04. The number of morpholine rings is 1. The van der Waals surface area contributed by atoms with Crippen molar-refractivity contribution < 1.29 is 19.1 Å². The second-order valence-corrected chi connectivity index (χ2v) is 6.75. The van der Waals surface area contributed by atoms with E-state index in [1.807, 2.05) is 6.92 Å². The molecular formula is C9H15N2O4PS. The van der Waals surface area contributed by atoms with Crippen molar-refractivity contribution in [1.29, 1.82) is 0 Å². The van der Waals surface area contributed by atoms with Crippen molar-refractivity contribution in [1.82, 2.24) is 4.98 Å². The number of nitrogens with zero attached hydrogens (tertiary/aromatic N) is 2. The number of aryl methyl sites for hydroxylation is 1. The fourth-order valence-corrected chi connectivity index (χ4v) is 3.43. The van der Waals surface area contributed by atoms with E-state index in [0.717, 1.165) is 23.1 Å². The van der Waals surface area contributed by atoms with Crippen molar-refractivity contribution in [2.45, 2.75) is 13.1 Å². The number of hydrogen-bond acceptors (Lipinski definition) is 5. The molecule has 2 rings (SSSR count). The van der Waals surface area contributed by atoms with Gasteiger partial charge in [-0.2, -0.15) is 0 Å². The standard InChI is InChI=1S/C9H15N2O4PS/c1-7-8(6-16(12,13)14)10-9(17-7)11-2-4-15-5-3-11/h2-6H2,1H3,(H2,12,13,14). The number of thiazole rings is 1. The molecule has 0 atom stereocenters. The van der Waals surface area contributed by atoms with Crippen LogP contribution in [0.15, 0.2) is 0 Å². The third-order valence-electron chi connectivity index (χ3n) is 2.52. The van der Waals surface area contributed by atoms with E-state index in [-0.39, 0.29) is 6.16 Å². The Labute approximate surface area is 103 Å². The molecule has 2 N–H and O–H groups in total. The molecule has 0 aliphatic carbocycles. The van der Waals surface area contributed by atoms with Gasteiger partial charge in [0.15, 0.2) is 5.13 Å². The van der Waals surface area contributed by atoms with Crippen molar-refractivity contribution in [2.24, 2.45) is 0 Å². The van der Waals surface area contributed by atoms with Gasteiger partial charge in [0.1, 0.15) is 0 Å². The Bertz CT molecular complexity index is 438. The topological polar surface area (TPSA) is 82.9 Å². The van der Waals surface area contributed by atoms with E-state index in [1.165, 1.54) is 11.3 Å². The molecule has 0 radical (unpaired) electrons. The third kappa shape index (κ3) is 3.50. The first-order valence-corrected chi connectivity index (χ1v) is 7.91. The summed E-state index contributed by atoms with van der Waals surface area (Å²) in [6.07, 6.45) is -0.278. The van der Waals surface area contributed by atoms with Crippen LogP contribution in [0.4, 0.5) is 5.13 Å². The van der Waals surface area contributed by atoms with Gasteiger partial charge in [0.25, 0.3) is 0 Å². The van der Waals surface area contributed by atoms with E-state index in [9.17, 15) is 4.57 Å². The molecule has 2 heterocycles. The van der Waals surface area contributed by atoms with Gasteiger partial charge in [0, 0.05) is 18.0 Å². The molecule has 17 heavy (non-hydrogen) atoms. The molecule has 1 aromatic heterocycles. The van der Waals surface area contributed by atoms with Gasteiger partial charge in [0.05, 0.1) is 25.1 Å². The number of aromatic nitrogens is 1. The van der Waals surface area contributed by atoms with Crippen molar-refractivity contribution in [3.63, 3.8) is 0 Å². The normalized spacial score (nSPS) is 17.5. The van der Waals surface area contributed by atoms with Crippen LogP contribution in [0.5, 0.6) is 0 Å². The first-order chi connectivity index (χ1) is 7.96. The van der Waals surface area contributed by atoms with Crippen LogP contribution in [0.1, 0.15) is 10.6 Å². The van der Waals surface area contributed by atoms with Crippen LogP contribution in [0.25, 0.3) is 0 Å². The van der Waals surface area contributed by atoms with Crippen LogP contribution in [-0.2, 0) is 15.5 Å². The Balaban J connectivity index is 2.14. The lowest BCUT2D eigenvalue weighted by Crippen LogP contribution is -2.36. The molecule has 0 amide bonds. The summed E-state index contributed by atoms with van der Waals surface area (Å²) in [5, 5.41) is 0.828. The SMILES string of the molecule is Cc1sc(N2CCOCC2)nc1CP(=O)(O)O. The second kappa shape index (κ2) is 5.04. The summed E-state index contributed by atoms with van der Waals surface area (Å²) in [4.78, 5) is 25.2. The van der Waals surface area contributed by atoms with Crippen LogP contribution >= 0.6 is 18.9 Å². The predicted molar refractivity (Wildman–Crippen MR) is 65.6 cm³/mol. The van der Waals surface area contributed by atoms with Gasteiger partial charge in [0.2, 0.25) is 0 Å². The quantitative estimate of drug-likeness (QED) is 0.802. The molecule has 0 bridgehead atoms. The average molecular weight is 278 g/mol. The minimum Gasteiger partial charge on any atom is -0.378 e. The van der Waals surface area contributed by atoms with Crippen molar-refractivity contribution in [2.75, 3.05) is 31.2 Å². The van der Waals surface area contributed by atoms with Gasteiger partial charge in [-0.15, -0.1) is 11.3 Å². The first-order valence-electron chi connectivity index (χ1n) is 5.29. The number of rotatable bonds is 3. The van der Waals surface area contributed by atoms with E-state index in [0.29, 0.717) is 18.9 Å². The maximum absolute atomic E-state index is 11.0. The Morgan fingerprint density at radius 3 is 2.71 bits per heavy atom. The van der Waals surface area contributed by atoms with E-state index in [1.54, 1.807) is 0 Å². The summed E-state index contributed by atoms with van der Waals surface area (Å²) in [5.74, 6) is 0. The fourth-order valence-electron chi connectivity index (χ4n) is 1.64. The summed E-state index contributed by atoms with van der Waals surface area (Å²) in [6, 6.07) is 0. The predicted octanol–water partition coefficient (Wildman–Crippen LogP) is 0.966. The van der Waals surface area contributed by atoms with Crippen LogP contribution < -0.4 is 4.90 Å². The van der Waals surface area contributed by atoms with Crippen molar-refractivity contribution >= 4 is 24.1 Å². The number of anilines is 1. The van der Waals surface area contributed by atoms with E-state index >= 15 is 0 Å². The summed E-state index contributed by atoms with van der Waals surface area (Å²) in [5.41, 5.74) is 0.504. The second-order valence-electron chi connectivity index (χ2n) is 3.92. The number of ether oxygens (including phenoxy) is 1. The van der Waals surface area contributed by atoms with E-state index < -0.39 is 7.60 Å². The zero-order chi connectivity index (χ0) is 12.5. The summed E-state index contributed by atoms with van der Waals surface area (Å²) in [6.45, 7) is 4.75. The molecule has 1 aliphatic rings. The smallest absolute Gasteiger partial charge is 0.331 e. The molecule has 1 fully saturated rings. The summed E-state index contributed by atoms with van der Waals surface area (Å²) < 4.78 is 16.2. The molecule has 96 valence electrons. The Morgan fingerprint density at radius 2 is 2.12 bits per heavy atom. The molecule has 1 aromatic rings. The van der Waals surface area contributed by atoms with Gasteiger partial charge in [-0.3, -0.25) is 4.57 Å². The maximum atomic E-state index is 11.0. The number of hydrogen-bond donors (Lipinski definition) is 2. The van der Waals surface area contributed by atoms with Crippen LogP contribution in [0.2, 0.25) is 0 Å². The molecule has 0 unspecified atom stereocenters. The third-order valence-corrected chi connectivity index (χ3v) is 4.30. The highest BCUT2D eigenvalue weighted by molar-refractivity contribution is 7.50. The van der Waals surface area contributed by atoms with Crippen LogP contribution in [0, 0.1) is 6.92 Å². The largest absolute Gasteiger partial charge is 0.378 e. The molecule has 1 saturated heterocycles. The minimum absolute atomic E-state index is 0.278. The van der Waals surface area contributed by atoms with Gasteiger partial charge < -0.3 is 19.4 Å². The lowest BCUT2D eigenvalue weighted by Gasteiger charge is -2.26. The lowest BCUT2D eigenvalue weighted by molar-refractivity contribution is 0.122. The monoisotopic (exact) mass is 278 g/mol. The summed E-state index contributed by atoms with van der Waals surface area (Å²) >= 11 is 1.48. The molecule has 0 spiro atoms. The highest BCUT2D eigenvalue weighted by atomic mass is 32.1. The van der Waals surface area contributed by atoms with Gasteiger partial charge in [-0.05, 0) is 6.92 Å². The van der Waals surface area contributed by atoms with Crippen LogP contribution in [0.3, 0.4) is 0 Å². The van der Waals surface area contributed by atoms with E-state index in [4.69, 9.17) is 14.5 Å². The molecule has 1 aliphatic heterocycles. The van der Waals surface area contributed by atoms with Gasteiger partial charge in [-0.1, -0.05) is 0 Å². The van der Waals surface area contributed by atoms with Crippen molar-refractivity contribution in [3.05, 3.63) is 10.6 Å². The Hall–Kier alpha value is -0.460. The molecule has 0 aromatic carbocycles. The Kier molecular flexibility index (Phi) is 3.85.